The maximum atomic E-state index is 12.8. The molecule has 27 heavy (non-hydrogen) atoms. The molecule has 5 nitrogen and oxygen atoms in total. The fraction of sp³-hybridized carbons (Fsp3) is 0.211. The van der Waals surface area contributed by atoms with Gasteiger partial charge in [0.15, 0.2) is 6.61 Å². The van der Waals surface area contributed by atoms with Crippen molar-refractivity contribution in [2.45, 2.75) is 13.3 Å². The first-order valence-electron chi connectivity index (χ1n) is 8.22. The van der Waals surface area contributed by atoms with Crippen LogP contribution in [-0.4, -0.2) is 30.0 Å². The Kier molecular flexibility index (Phi) is 6.31. The highest BCUT2D eigenvalue weighted by Gasteiger charge is 2.19. The number of ether oxygens (including phenoxy) is 1. The van der Waals surface area contributed by atoms with Crippen molar-refractivity contribution < 1.29 is 18.7 Å². The van der Waals surface area contributed by atoms with E-state index in [1.165, 1.54) is 23.5 Å². The Morgan fingerprint density at radius 1 is 1.22 bits per heavy atom. The van der Waals surface area contributed by atoms with Crippen molar-refractivity contribution in [2.75, 3.05) is 13.2 Å². The number of hydrogen-bond donors (Lipinski definition) is 1. The Morgan fingerprint density at radius 2 is 2.00 bits per heavy atom. The van der Waals surface area contributed by atoms with Crippen molar-refractivity contribution in [3.05, 3.63) is 63.7 Å². The van der Waals surface area contributed by atoms with Gasteiger partial charge in [0.1, 0.15) is 15.7 Å². The third-order valence-corrected chi connectivity index (χ3v) is 5.87. The SMILES string of the molecule is Cc1nc(-c2cccs2)sc1C(=O)OCC(=O)NCCc1ccc(F)cc1. The van der Waals surface area contributed by atoms with Gasteiger partial charge in [-0.3, -0.25) is 4.79 Å². The minimum absolute atomic E-state index is 0.296. The number of rotatable bonds is 7. The summed E-state index contributed by atoms with van der Waals surface area (Å²) in [5.74, 6) is -1.23. The highest BCUT2D eigenvalue weighted by atomic mass is 32.1. The van der Waals surface area contributed by atoms with Gasteiger partial charge in [-0.05, 0) is 42.5 Å². The van der Waals surface area contributed by atoms with Crippen LogP contribution >= 0.6 is 22.7 Å². The lowest BCUT2D eigenvalue weighted by atomic mass is 10.1. The Morgan fingerprint density at radius 3 is 2.70 bits per heavy atom. The summed E-state index contributed by atoms with van der Waals surface area (Å²) in [5.41, 5.74) is 1.50. The third-order valence-electron chi connectivity index (χ3n) is 3.70. The molecule has 0 radical (unpaired) electrons. The fourth-order valence-electron chi connectivity index (χ4n) is 2.34. The van der Waals surface area contributed by atoms with Crippen molar-refractivity contribution in [3.63, 3.8) is 0 Å². The van der Waals surface area contributed by atoms with E-state index in [1.54, 1.807) is 30.4 Å². The standard InChI is InChI=1S/C19H17FN2O3S2/c1-12-17(27-18(22-12)15-3-2-10-26-15)19(24)25-11-16(23)21-9-8-13-4-6-14(20)7-5-13/h2-7,10H,8-9,11H2,1H3,(H,21,23). The number of nitrogens with one attached hydrogen (secondary N) is 1. The van der Waals surface area contributed by atoms with E-state index in [2.05, 4.69) is 10.3 Å². The first-order valence-corrected chi connectivity index (χ1v) is 9.92. The van der Waals surface area contributed by atoms with Crippen molar-refractivity contribution >= 4 is 34.6 Å². The molecule has 2 heterocycles. The first-order chi connectivity index (χ1) is 13.0. The Labute approximate surface area is 163 Å². The molecule has 3 rings (SSSR count). The van der Waals surface area contributed by atoms with E-state index in [-0.39, 0.29) is 18.3 Å². The molecule has 0 saturated carbocycles. The molecule has 3 aromatic rings. The van der Waals surface area contributed by atoms with Gasteiger partial charge in [0.25, 0.3) is 5.91 Å². The molecule has 1 aromatic carbocycles. The summed E-state index contributed by atoms with van der Waals surface area (Å²) in [6, 6.07) is 9.94. The molecular weight excluding hydrogens is 387 g/mol. The van der Waals surface area contributed by atoms with E-state index in [9.17, 15) is 14.0 Å². The minimum Gasteiger partial charge on any atom is -0.451 e. The van der Waals surface area contributed by atoms with Gasteiger partial charge in [-0.2, -0.15) is 0 Å². The number of benzene rings is 1. The van der Waals surface area contributed by atoms with Crippen LogP contribution < -0.4 is 5.32 Å². The van der Waals surface area contributed by atoms with Crippen LogP contribution in [0, 0.1) is 12.7 Å². The van der Waals surface area contributed by atoms with Crippen LogP contribution in [0.2, 0.25) is 0 Å². The number of carbonyl (C=O) groups excluding carboxylic acids is 2. The second-order valence-electron chi connectivity index (χ2n) is 5.71. The van der Waals surface area contributed by atoms with E-state index in [0.717, 1.165) is 15.4 Å². The Hall–Kier alpha value is -2.58. The summed E-state index contributed by atoms with van der Waals surface area (Å²) >= 11 is 2.80. The van der Waals surface area contributed by atoms with Crippen molar-refractivity contribution in [3.8, 4) is 9.88 Å². The van der Waals surface area contributed by atoms with Crippen LogP contribution in [0.4, 0.5) is 4.39 Å². The Balaban J connectivity index is 1.46. The van der Waals surface area contributed by atoms with Crippen LogP contribution in [0.15, 0.2) is 41.8 Å². The van der Waals surface area contributed by atoms with Crippen molar-refractivity contribution in [1.82, 2.24) is 10.3 Å². The molecule has 0 fully saturated rings. The lowest BCUT2D eigenvalue weighted by molar-refractivity contribution is -0.124. The van der Waals surface area contributed by atoms with Gasteiger partial charge >= 0.3 is 5.97 Å². The van der Waals surface area contributed by atoms with Gasteiger partial charge in [-0.15, -0.1) is 22.7 Å². The molecule has 0 atom stereocenters. The molecule has 1 amide bonds. The molecule has 0 aliphatic heterocycles. The maximum Gasteiger partial charge on any atom is 0.350 e. The third kappa shape index (κ3) is 5.21. The van der Waals surface area contributed by atoms with Gasteiger partial charge in [0, 0.05) is 6.54 Å². The van der Waals surface area contributed by atoms with Crippen LogP contribution in [0.5, 0.6) is 0 Å². The van der Waals surface area contributed by atoms with Gasteiger partial charge < -0.3 is 10.1 Å². The molecule has 0 saturated heterocycles. The largest absolute Gasteiger partial charge is 0.451 e. The number of nitrogens with zero attached hydrogens (tertiary/aromatic N) is 1. The molecule has 8 heteroatoms. The lowest BCUT2D eigenvalue weighted by Gasteiger charge is -2.06. The number of thiazole rings is 1. The summed E-state index contributed by atoms with van der Waals surface area (Å²) in [6.07, 6.45) is 0.568. The predicted molar refractivity (Wildman–Crippen MR) is 104 cm³/mol. The monoisotopic (exact) mass is 404 g/mol. The zero-order chi connectivity index (χ0) is 19.2. The fourth-order valence-corrected chi connectivity index (χ4v) is 4.09. The smallest absolute Gasteiger partial charge is 0.350 e. The number of thiophene rings is 1. The second kappa shape index (κ2) is 8.88. The zero-order valence-electron chi connectivity index (χ0n) is 14.5. The van der Waals surface area contributed by atoms with Gasteiger partial charge in [0.2, 0.25) is 0 Å². The molecule has 0 spiro atoms. The number of aryl methyl sites for hydroxylation is 1. The maximum absolute atomic E-state index is 12.8. The molecule has 0 aliphatic rings. The summed E-state index contributed by atoms with van der Waals surface area (Å²) in [5, 5.41) is 5.38. The first kappa shape index (κ1) is 19.2. The molecule has 140 valence electrons. The normalized spacial score (nSPS) is 10.6. The van der Waals surface area contributed by atoms with Crippen LogP contribution in [0.3, 0.4) is 0 Å². The zero-order valence-corrected chi connectivity index (χ0v) is 16.2. The van der Waals surface area contributed by atoms with E-state index < -0.39 is 5.97 Å². The average Bonchev–Trinajstić information content (AvgIpc) is 3.31. The highest BCUT2D eigenvalue weighted by molar-refractivity contribution is 7.22. The van der Waals surface area contributed by atoms with E-state index in [0.29, 0.717) is 23.5 Å². The van der Waals surface area contributed by atoms with Crippen molar-refractivity contribution in [1.29, 1.82) is 0 Å². The highest BCUT2D eigenvalue weighted by Crippen LogP contribution is 2.31. The molecular formula is C19H17FN2O3S2. The van der Waals surface area contributed by atoms with Crippen molar-refractivity contribution in [2.24, 2.45) is 0 Å². The van der Waals surface area contributed by atoms with Crippen LogP contribution in [0.25, 0.3) is 9.88 Å². The average molecular weight is 404 g/mol. The quantitative estimate of drug-likeness (QED) is 0.608. The van der Waals surface area contributed by atoms with E-state index in [4.69, 9.17) is 4.74 Å². The molecule has 2 aromatic heterocycles. The van der Waals surface area contributed by atoms with Crippen LogP contribution in [0.1, 0.15) is 20.9 Å². The number of esters is 1. The number of hydrogen-bond acceptors (Lipinski definition) is 6. The minimum atomic E-state index is -0.554. The predicted octanol–water partition coefficient (Wildman–Crippen LogP) is 3.83. The molecule has 0 bridgehead atoms. The summed E-state index contributed by atoms with van der Waals surface area (Å²) in [6.45, 7) is 1.77. The molecule has 0 aliphatic carbocycles. The van der Waals surface area contributed by atoms with Gasteiger partial charge in [-0.25, -0.2) is 14.2 Å². The number of amides is 1. The second-order valence-corrected chi connectivity index (χ2v) is 7.66. The van der Waals surface area contributed by atoms with Crippen LogP contribution in [-0.2, 0) is 16.0 Å². The van der Waals surface area contributed by atoms with Gasteiger partial charge in [0.05, 0.1) is 10.6 Å². The number of halogens is 1. The summed E-state index contributed by atoms with van der Waals surface area (Å²) < 4.78 is 17.9. The van der Waals surface area contributed by atoms with E-state index in [1.807, 2.05) is 17.5 Å². The Bertz CT molecular complexity index is 921. The summed E-state index contributed by atoms with van der Waals surface area (Å²) in [4.78, 5) is 29.8. The number of aromatic nitrogens is 1. The topological polar surface area (TPSA) is 68.3 Å². The number of carbonyl (C=O) groups is 2. The molecule has 1 N–H and O–H groups in total. The lowest BCUT2D eigenvalue weighted by Crippen LogP contribution is -2.30. The van der Waals surface area contributed by atoms with E-state index >= 15 is 0 Å². The molecule has 0 unspecified atom stereocenters. The summed E-state index contributed by atoms with van der Waals surface area (Å²) in [7, 11) is 0. The van der Waals surface area contributed by atoms with Gasteiger partial charge in [-0.1, -0.05) is 18.2 Å².